The predicted molar refractivity (Wildman–Crippen MR) is 118 cm³/mol. The molecule has 1 aliphatic carbocycles. The van der Waals surface area contributed by atoms with Crippen LogP contribution in [-0.2, 0) is 11.3 Å². The first kappa shape index (κ1) is 21.5. The first-order valence-corrected chi connectivity index (χ1v) is 10.7. The molecule has 4 N–H and O–H groups in total. The van der Waals surface area contributed by atoms with Gasteiger partial charge in [-0.3, -0.25) is 0 Å². The first-order valence-electron chi connectivity index (χ1n) is 10.7. The summed E-state index contributed by atoms with van der Waals surface area (Å²) in [4.78, 5) is 13.3. The standard InChI is InChI=1S/C21H24F2N8O2/c1-11-25-16-3-2-15(27-20(16)30(11)10-17(22)23)14-4-5-31-18(14)19(24)28-21(29-31)26-12-8-13(9-12)33-7-6-32/h2-5,12-13,17,32H,6-10H2,1H3,(H3,24,26,28,29). The van der Waals surface area contributed by atoms with Crippen molar-refractivity contribution in [2.24, 2.45) is 0 Å². The summed E-state index contributed by atoms with van der Waals surface area (Å²) in [5, 5.41) is 16.6. The lowest BCUT2D eigenvalue weighted by Gasteiger charge is -2.35. The molecule has 1 fully saturated rings. The monoisotopic (exact) mass is 458 g/mol. The van der Waals surface area contributed by atoms with Crippen molar-refractivity contribution in [3.05, 3.63) is 30.2 Å². The van der Waals surface area contributed by atoms with Crippen LogP contribution in [0.2, 0.25) is 0 Å². The molecule has 0 amide bonds. The largest absolute Gasteiger partial charge is 0.394 e. The number of hydrogen-bond donors (Lipinski definition) is 3. The summed E-state index contributed by atoms with van der Waals surface area (Å²) in [5.74, 6) is 1.16. The quantitative estimate of drug-likeness (QED) is 0.367. The van der Waals surface area contributed by atoms with Crippen molar-refractivity contribution in [3.8, 4) is 11.3 Å². The molecule has 0 bridgehead atoms. The van der Waals surface area contributed by atoms with Gasteiger partial charge in [-0.05, 0) is 38.0 Å². The van der Waals surface area contributed by atoms with E-state index in [0.29, 0.717) is 46.3 Å². The molecule has 10 nitrogen and oxygen atoms in total. The Hall–Kier alpha value is -3.38. The van der Waals surface area contributed by atoms with Gasteiger partial charge in [0.05, 0.1) is 31.6 Å². The van der Waals surface area contributed by atoms with Crippen molar-refractivity contribution in [2.75, 3.05) is 24.3 Å². The van der Waals surface area contributed by atoms with E-state index >= 15 is 0 Å². The number of imidazole rings is 1. The molecule has 4 aromatic rings. The van der Waals surface area contributed by atoms with Crippen LogP contribution in [0.3, 0.4) is 0 Å². The topological polar surface area (TPSA) is 128 Å². The van der Waals surface area contributed by atoms with E-state index in [1.165, 1.54) is 4.57 Å². The highest BCUT2D eigenvalue weighted by Gasteiger charge is 2.30. The normalized spacial score (nSPS) is 18.3. The Bertz CT molecular complexity index is 1300. The molecule has 0 aliphatic heterocycles. The number of hydrogen-bond acceptors (Lipinski definition) is 8. The molecule has 12 heteroatoms. The number of nitrogens with one attached hydrogen (secondary N) is 1. The van der Waals surface area contributed by atoms with E-state index < -0.39 is 13.0 Å². The maximum absolute atomic E-state index is 13.0. The minimum atomic E-state index is -2.51. The second-order valence-electron chi connectivity index (χ2n) is 8.07. The van der Waals surface area contributed by atoms with Crippen LogP contribution in [0, 0.1) is 6.92 Å². The van der Waals surface area contributed by atoms with Crippen LogP contribution in [0.1, 0.15) is 18.7 Å². The van der Waals surface area contributed by atoms with Crippen LogP contribution in [0.25, 0.3) is 27.9 Å². The minimum absolute atomic E-state index is 0.0107. The Balaban J connectivity index is 1.42. The van der Waals surface area contributed by atoms with Crippen LogP contribution >= 0.6 is 0 Å². The van der Waals surface area contributed by atoms with E-state index in [0.717, 1.165) is 12.8 Å². The molecule has 33 heavy (non-hydrogen) atoms. The lowest BCUT2D eigenvalue weighted by Crippen LogP contribution is -2.41. The van der Waals surface area contributed by atoms with Crippen LogP contribution in [-0.4, -0.2) is 66.0 Å². The van der Waals surface area contributed by atoms with Crippen molar-refractivity contribution >= 4 is 28.4 Å². The van der Waals surface area contributed by atoms with Gasteiger partial charge in [-0.25, -0.2) is 23.3 Å². The molecule has 0 radical (unpaired) electrons. The van der Waals surface area contributed by atoms with Gasteiger partial charge in [-0.15, -0.1) is 5.10 Å². The molecule has 0 unspecified atom stereocenters. The van der Waals surface area contributed by atoms with Gasteiger partial charge < -0.3 is 25.5 Å². The maximum Gasteiger partial charge on any atom is 0.256 e. The Morgan fingerprint density at radius 3 is 2.82 bits per heavy atom. The molecule has 4 aromatic heterocycles. The number of halogens is 2. The number of aliphatic hydroxyl groups excluding tert-OH is 1. The number of nitrogens with two attached hydrogens (primary N) is 1. The summed E-state index contributed by atoms with van der Waals surface area (Å²) >= 11 is 0. The third-order valence-electron chi connectivity index (χ3n) is 5.79. The van der Waals surface area contributed by atoms with Crippen LogP contribution in [0.15, 0.2) is 24.4 Å². The van der Waals surface area contributed by atoms with E-state index in [4.69, 9.17) is 15.6 Å². The Morgan fingerprint density at radius 2 is 2.06 bits per heavy atom. The van der Waals surface area contributed by atoms with Crippen LogP contribution < -0.4 is 11.1 Å². The van der Waals surface area contributed by atoms with Crippen molar-refractivity contribution in [3.63, 3.8) is 0 Å². The van der Waals surface area contributed by atoms with Gasteiger partial charge in [0.25, 0.3) is 6.43 Å². The third kappa shape index (κ3) is 4.07. The van der Waals surface area contributed by atoms with Gasteiger partial charge in [-0.1, -0.05) is 0 Å². The number of nitrogen functional groups attached to an aromatic ring is 1. The molecule has 1 saturated carbocycles. The maximum atomic E-state index is 13.0. The number of aromatic nitrogens is 6. The Kier molecular flexibility index (Phi) is 5.54. The molecular formula is C21H24F2N8O2. The van der Waals surface area contributed by atoms with Gasteiger partial charge in [-0.2, -0.15) is 4.98 Å². The highest BCUT2D eigenvalue weighted by molar-refractivity contribution is 5.88. The average molecular weight is 458 g/mol. The lowest BCUT2D eigenvalue weighted by molar-refractivity contribution is -0.0196. The van der Waals surface area contributed by atoms with E-state index in [1.54, 1.807) is 29.8 Å². The smallest absolute Gasteiger partial charge is 0.256 e. The molecular weight excluding hydrogens is 434 g/mol. The molecule has 0 saturated heterocycles. The number of anilines is 2. The number of aliphatic hydroxyl groups is 1. The van der Waals surface area contributed by atoms with Crippen molar-refractivity contribution in [2.45, 2.75) is 44.9 Å². The molecule has 174 valence electrons. The summed E-state index contributed by atoms with van der Waals surface area (Å²) in [7, 11) is 0. The minimum Gasteiger partial charge on any atom is -0.394 e. The highest BCUT2D eigenvalue weighted by Crippen LogP contribution is 2.31. The van der Waals surface area contributed by atoms with Crippen molar-refractivity contribution in [1.82, 2.24) is 29.1 Å². The fourth-order valence-electron chi connectivity index (χ4n) is 4.16. The van der Waals surface area contributed by atoms with Crippen molar-refractivity contribution < 1.29 is 18.6 Å². The highest BCUT2D eigenvalue weighted by atomic mass is 19.3. The number of rotatable bonds is 8. The average Bonchev–Trinajstić information content (AvgIpc) is 3.30. The summed E-state index contributed by atoms with van der Waals surface area (Å²) in [6.45, 7) is 1.56. The fourth-order valence-corrected chi connectivity index (χ4v) is 4.16. The van der Waals surface area contributed by atoms with E-state index in [9.17, 15) is 8.78 Å². The number of pyridine rings is 1. The van der Waals surface area contributed by atoms with Crippen LogP contribution in [0.5, 0.6) is 0 Å². The Morgan fingerprint density at radius 1 is 1.24 bits per heavy atom. The van der Waals surface area contributed by atoms with Crippen LogP contribution in [0.4, 0.5) is 20.5 Å². The number of aryl methyl sites for hydroxylation is 1. The van der Waals surface area contributed by atoms with Gasteiger partial charge in [0.1, 0.15) is 16.9 Å². The van der Waals surface area contributed by atoms with Gasteiger partial charge >= 0.3 is 0 Å². The SMILES string of the molecule is Cc1nc2ccc(-c3ccn4nc(NC5CC(OCCO)C5)nc(N)c34)nc2n1CC(F)F. The summed E-state index contributed by atoms with van der Waals surface area (Å²) in [6, 6.07) is 5.53. The summed E-state index contributed by atoms with van der Waals surface area (Å²) in [5.41, 5.74) is 9.07. The second kappa shape index (κ2) is 8.52. The second-order valence-corrected chi connectivity index (χ2v) is 8.07. The van der Waals surface area contributed by atoms with Gasteiger partial charge in [0.15, 0.2) is 11.5 Å². The Labute approximate surface area is 187 Å². The summed E-state index contributed by atoms with van der Waals surface area (Å²) in [6.07, 6.45) is 0.970. The number of fused-ring (bicyclic) bond motifs is 2. The fraction of sp³-hybridized carbons (Fsp3) is 0.429. The predicted octanol–water partition coefficient (Wildman–Crippen LogP) is 2.25. The van der Waals surface area contributed by atoms with Crippen molar-refractivity contribution in [1.29, 1.82) is 0 Å². The number of nitrogens with zero attached hydrogens (tertiary/aromatic N) is 6. The molecule has 1 aliphatic rings. The molecule has 5 rings (SSSR count). The van der Waals surface area contributed by atoms with E-state index in [-0.39, 0.29) is 24.6 Å². The summed E-state index contributed by atoms with van der Waals surface area (Å²) < 4.78 is 34.6. The molecule has 0 aromatic carbocycles. The van der Waals surface area contributed by atoms with E-state index in [1.807, 2.05) is 6.07 Å². The zero-order chi connectivity index (χ0) is 23.1. The third-order valence-corrected chi connectivity index (χ3v) is 5.79. The molecule has 0 atom stereocenters. The van der Waals surface area contributed by atoms with E-state index in [2.05, 4.69) is 25.4 Å². The molecule has 4 heterocycles. The molecule has 0 spiro atoms. The lowest BCUT2D eigenvalue weighted by atomic mass is 9.89. The number of alkyl halides is 2. The zero-order valence-corrected chi connectivity index (χ0v) is 17.9. The van der Waals surface area contributed by atoms with Gasteiger partial charge in [0, 0.05) is 17.8 Å². The first-order chi connectivity index (χ1) is 15.9. The number of ether oxygens (including phenoxy) is 1. The van der Waals surface area contributed by atoms with Gasteiger partial charge in [0.2, 0.25) is 5.95 Å². The zero-order valence-electron chi connectivity index (χ0n) is 17.9.